The van der Waals surface area contributed by atoms with Crippen LogP contribution in [0.2, 0.25) is 0 Å². The minimum atomic E-state index is -5.12. The average molecular weight is 2110 g/mol. The molecular weight excluding hydrogens is 1930 g/mol. The smallest absolute Gasteiger partial charge is 0.459 e. The van der Waals surface area contributed by atoms with Gasteiger partial charge in [-0.15, -0.1) is 0 Å². The van der Waals surface area contributed by atoms with Gasteiger partial charge in [-0.25, -0.2) is 83.7 Å². The minimum absolute atomic E-state index is 0.0315. The topological polar surface area (TPSA) is 580 Å². The van der Waals surface area contributed by atoms with Gasteiger partial charge in [0.1, 0.15) is 16.8 Å². The second kappa shape index (κ2) is 75.0. The summed E-state index contributed by atoms with van der Waals surface area (Å²) in [5.41, 5.74) is 19.0. The van der Waals surface area contributed by atoms with E-state index in [1.807, 2.05) is 135 Å². The molecule has 848 valence electrons. The summed E-state index contributed by atoms with van der Waals surface area (Å²) in [7, 11) is 2.52. The van der Waals surface area contributed by atoms with Gasteiger partial charge in [-0.3, -0.25) is 124 Å². The van der Waals surface area contributed by atoms with E-state index in [-0.39, 0.29) is 141 Å². The number of nitrogens with one attached hydrogen (secondary N) is 9. The lowest BCUT2D eigenvalue weighted by molar-refractivity contribution is -0.190. The van der Waals surface area contributed by atoms with Crippen LogP contribution in [0.15, 0.2) is 0 Å². The zero-order chi connectivity index (χ0) is 114. The molecule has 0 aliphatic heterocycles. The summed E-state index contributed by atoms with van der Waals surface area (Å²) in [5.74, 6) is 6.50. The molecule has 0 bridgehead atoms. The Kier molecular flexibility index (Phi) is 74.9. The largest absolute Gasteiger partial charge is 0.473 e. The number of nitrogens with zero attached hydrogens (tertiary/aromatic N) is 12. The van der Waals surface area contributed by atoms with Gasteiger partial charge in [0.2, 0.25) is 0 Å². The number of unbranched alkanes of at least 4 members (excludes halogenated alkanes) is 2. The van der Waals surface area contributed by atoms with E-state index in [2.05, 4.69) is 56.9 Å². The number of halogens is 6. The fourth-order valence-corrected chi connectivity index (χ4v) is 11.2. The predicted octanol–water partition coefficient (Wildman–Crippen LogP) is 7.72. The molecular formula is C91H178F6N24O24. The average Bonchev–Trinajstić information content (AvgIpc) is 0.837. The molecule has 54 heteroatoms. The van der Waals surface area contributed by atoms with Crippen LogP contribution in [0.3, 0.4) is 0 Å². The highest BCUT2D eigenvalue weighted by Gasteiger charge is 2.45. The van der Waals surface area contributed by atoms with Gasteiger partial charge in [0.15, 0.2) is 0 Å². The molecule has 48 nitrogen and oxygen atoms in total. The van der Waals surface area contributed by atoms with E-state index in [1.165, 1.54) is 44.3 Å². The predicted molar refractivity (Wildman–Crippen MR) is 528 cm³/mol. The van der Waals surface area contributed by atoms with Gasteiger partial charge < -0.3 is 33.2 Å². The molecule has 145 heavy (non-hydrogen) atoms. The Morgan fingerprint density at radius 3 is 0.724 bits per heavy atom. The van der Waals surface area contributed by atoms with Gasteiger partial charge in [0, 0.05) is 78.5 Å². The standard InChI is InChI=1S/C19H36N4O6.C17H31F3N4O4.C17H34N4O5.C14H28N4O4.C12H23F3N4O2.C12H26N4O3/c1-8-10-11-23(20-16(25)17(26)28-9-2)15(24)13-22(12-14(3)4)21-18(27)29-19(5,6)7;1-11(2)8-23(22-15(27)28-16(5,6)7)10-13(25)21-24(9-12(3)4)14(26)17(18,19)20;1-12(2)9-20(19-15(23)26-17(5,6)7)11-14(22)18-21(10-13(3)4)16(24)25-8;1-5-7-8-18(16-13(20)14(21)22-6-2)12(19)10-17(15)9-11(3)4;1-8(2)5-18(16)7-10(20)17-19(6-9(3)4)11(21)12(13,14)15;1-9(2)6-15(13)8-11(17)14-16(7-10(3)4)12(18)19-5/h14H,8-13H2,1-7H3,(H,20,25)(H,21,27);11-12H,8-10H2,1-7H3,(H,21,25)(H,22,27);12-13H,9-11H2,1-8H3,(H,18,22)(H,19,23);11H,5-10,15H2,1-4H3,(H,16,20);8-9H,5-7,16H2,1-4H3,(H,17,20);9-10H,6-8,13H2,1-5H3,(H,14,17). The Balaban J connectivity index is -0.000000402. The van der Waals surface area contributed by atoms with Crippen molar-refractivity contribution in [2.45, 2.75) is 283 Å². The Morgan fingerprint density at radius 1 is 0.283 bits per heavy atom. The highest BCUT2D eigenvalue weighted by Crippen LogP contribution is 2.21. The van der Waals surface area contributed by atoms with Crippen LogP contribution in [0.1, 0.15) is 254 Å². The zero-order valence-corrected chi connectivity index (χ0v) is 92.4. The normalized spacial score (nSPS) is 11.5. The van der Waals surface area contributed by atoms with Crippen molar-refractivity contribution in [3.8, 4) is 0 Å². The summed E-state index contributed by atoms with van der Waals surface area (Å²) < 4.78 is 110. The molecule has 0 rings (SSSR count). The van der Waals surface area contributed by atoms with E-state index in [0.29, 0.717) is 77.0 Å². The third-order valence-electron chi connectivity index (χ3n) is 16.0. The van der Waals surface area contributed by atoms with Crippen LogP contribution in [-0.4, -0.2) is 336 Å². The van der Waals surface area contributed by atoms with Crippen LogP contribution in [-0.2, 0) is 90.7 Å². The number of amides is 15. The molecule has 0 radical (unpaired) electrons. The molecule has 15 amide bonds. The lowest BCUT2D eigenvalue weighted by Crippen LogP contribution is -2.56. The molecule has 0 unspecified atom stereocenters. The summed E-state index contributed by atoms with van der Waals surface area (Å²) in [5, 5.41) is 13.1. The van der Waals surface area contributed by atoms with Gasteiger partial charge in [0.25, 0.3) is 35.4 Å². The molecule has 0 aromatic rings. The van der Waals surface area contributed by atoms with E-state index in [0.717, 1.165) is 32.9 Å². The molecule has 0 aliphatic carbocycles. The molecule has 0 aromatic heterocycles. The maximum atomic E-state index is 12.7. The highest BCUT2D eigenvalue weighted by atomic mass is 19.4. The van der Waals surface area contributed by atoms with Crippen LogP contribution in [0, 0.1) is 59.2 Å². The number of methoxy groups -OCH3 is 2. The first kappa shape index (κ1) is 145. The summed E-state index contributed by atoms with van der Waals surface area (Å²) in [6.07, 6.45) is -10.6. The molecule has 0 heterocycles. The van der Waals surface area contributed by atoms with E-state index in [1.54, 1.807) is 104 Å². The zero-order valence-electron chi connectivity index (χ0n) is 92.4. The second-order valence-electron chi connectivity index (χ2n) is 40.5. The SMILES string of the molecule is CC(C)CN(CC(=O)NN(CC(C)C)C(=O)C(F)(F)F)NC(=O)OC(C)(C)C.CC(C)CN(N)CC(=O)NN(CC(C)C)C(=O)C(F)(F)F.CCCCN(NC(=O)C(=O)OCC)C(=O)CN(CC(C)C)NC(=O)OC(C)(C)C.CCCCN(NC(=O)C(=O)OCC)C(=O)CN(N)CC(C)C.COC(=O)N(CC(C)C)NC(=O)CN(CC(C)C)NC(=O)OC(C)(C)C.COC(=O)N(CC(C)C)NC(=O)CN(N)CC(C)C. The number of hydrogen-bond acceptors (Lipinski definition) is 33. The summed E-state index contributed by atoms with van der Waals surface area (Å²) in [4.78, 5) is 201. The van der Waals surface area contributed by atoms with Gasteiger partial charge in [-0.2, -0.15) is 26.3 Å². The van der Waals surface area contributed by atoms with Crippen molar-refractivity contribution in [3.63, 3.8) is 0 Å². The van der Waals surface area contributed by atoms with Crippen molar-refractivity contribution in [2.75, 3.05) is 145 Å². The lowest BCUT2D eigenvalue weighted by Gasteiger charge is -2.29. The quantitative estimate of drug-likeness (QED) is 0.00694. The molecule has 0 aromatic carbocycles. The number of esters is 2. The molecule has 0 spiro atoms. The van der Waals surface area contributed by atoms with Gasteiger partial charge in [0.05, 0.1) is 66.7 Å². The number of carbonyl (C=O) groups is 17. The Morgan fingerprint density at radius 2 is 0.503 bits per heavy atom. The van der Waals surface area contributed by atoms with Gasteiger partial charge in [-0.05, 0) is 148 Å². The van der Waals surface area contributed by atoms with Crippen LogP contribution in [0.25, 0.3) is 0 Å². The van der Waals surface area contributed by atoms with Crippen molar-refractivity contribution in [2.24, 2.45) is 76.7 Å². The third kappa shape index (κ3) is 83.0. The number of ether oxygens (including phenoxy) is 7. The Bertz CT molecular complexity index is 3840. The molecule has 15 N–H and O–H groups in total. The number of alkyl halides is 6. The van der Waals surface area contributed by atoms with Crippen molar-refractivity contribution >= 4 is 101 Å². The molecule has 0 atom stereocenters. The number of hydrazine groups is 12. The number of hydrogen-bond donors (Lipinski definition) is 12. The summed E-state index contributed by atoms with van der Waals surface area (Å²) in [6, 6.07) is 0. The van der Waals surface area contributed by atoms with Crippen LogP contribution in [0.4, 0.5) is 50.3 Å². The number of rotatable bonds is 43. The highest BCUT2D eigenvalue weighted by molar-refractivity contribution is 6.33. The van der Waals surface area contributed by atoms with Gasteiger partial charge >= 0.3 is 78.4 Å². The van der Waals surface area contributed by atoms with Crippen molar-refractivity contribution in [3.05, 3.63) is 0 Å². The Labute approximate surface area is 853 Å². The molecule has 0 saturated carbocycles. The fourth-order valence-electron chi connectivity index (χ4n) is 11.2. The first-order valence-electron chi connectivity index (χ1n) is 48.2. The van der Waals surface area contributed by atoms with Crippen LogP contribution in [0.5, 0.6) is 0 Å². The van der Waals surface area contributed by atoms with Crippen LogP contribution >= 0.6 is 0 Å². The van der Waals surface area contributed by atoms with Crippen molar-refractivity contribution in [1.29, 1.82) is 0 Å². The molecule has 0 aliphatic rings. The van der Waals surface area contributed by atoms with Crippen molar-refractivity contribution in [1.82, 2.24) is 109 Å². The van der Waals surface area contributed by atoms with Crippen molar-refractivity contribution < 1.29 is 141 Å². The maximum Gasteiger partial charge on any atom is 0.473 e. The fraction of sp³-hybridized carbons (Fsp3) is 0.813. The Hall–Kier alpha value is -10.8. The van der Waals surface area contributed by atoms with Crippen LogP contribution < -0.4 is 66.4 Å². The third-order valence-corrected chi connectivity index (χ3v) is 16.0. The van der Waals surface area contributed by atoms with E-state index in [9.17, 15) is 108 Å². The molecule has 0 saturated heterocycles. The lowest BCUT2D eigenvalue weighted by atomic mass is 10.2. The second-order valence-corrected chi connectivity index (χ2v) is 40.5. The summed E-state index contributed by atoms with van der Waals surface area (Å²) >= 11 is 0. The van der Waals surface area contributed by atoms with E-state index in [4.69, 9.17) is 31.7 Å². The summed E-state index contributed by atoms with van der Waals surface area (Å²) in [6.45, 7) is 62.3. The van der Waals surface area contributed by atoms with E-state index < -0.39 is 125 Å². The van der Waals surface area contributed by atoms with E-state index >= 15 is 0 Å². The first-order chi connectivity index (χ1) is 66.2. The minimum Gasteiger partial charge on any atom is -0.459 e. The number of carbonyl (C=O) groups excluding carboxylic acids is 17. The monoisotopic (exact) mass is 2110 g/mol. The maximum absolute atomic E-state index is 12.7. The molecule has 0 fully saturated rings. The first-order valence-corrected chi connectivity index (χ1v) is 48.2. The number of nitrogens with two attached hydrogens (primary N) is 3. The van der Waals surface area contributed by atoms with Gasteiger partial charge in [-0.1, -0.05) is 165 Å².